The van der Waals surface area contributed by atoms with E-state index >= 15 is 0 Å². The zero-order valence-electron chi connectivity index (χ0n) is 12.4. The Balaban J connectivity index is 1.86. The normalized spacial score (nSPS) is 12.7. The summed E-state index contributed by atoms with van der Waals surface area (Å²) in [6.07, 6.45) is 8.25. The fraction of sp³-hybridized carbons (Fsp3) is 0.278. The highest BCUT2D eigenvalue weighted by atomic mass is 14.9. The number of nitrogens with two attached hydrogens (primary N) is 1. The average Bonchev–Trinajstić information content (AvgIpc) is 2.97. The van der Waals surface area contributed by atoms with Crippen molar-refractivity contribution in [2.24, 2.45) is 5.73 Å². The average molecular weight is 279 g/mol. The van der Waals surface area contributed by atoms with E-state index < -0.39 is 0 Å². The SMILES string of the molecule is CCCC(N)c1ccn(Cc2cccc3cccnc23)c1. The molecule has 2 N–H and O–H groups in total. The summed E-state index contributed by atoms with van der Waals surface area (Å²) in [7, 11) is 0. The number of aromatic nitrogens is 2. The second-order valence-electron chi connectivity index (χ2n) is 5.50. The molecule has 3 nitrogen and oxygen atoms in total. The summed E-state index contributed by atoms with van der Waals surface area (Å²) in [6.45, 7) is 2.99. The van der Waals surface area contributed by atoms with Crippen molar-refractivity contribution in [1.29, 1.82) is 0 Å². The molecule has 21 heavy (non-hydrogen) atoms. The molecule has 0 spiro atoms. The largest absolute Gasteiger partial charge is 0.349 e. The van der Waals surface area contributed by atoms with Gasteiger partial charge in [0.1, 0.15) is 0 Å². The number of benzene rings is 1. The minimum atomic E-state index is 0.141. The van der Waals surface area contributed by atoms with Crippen molar-refractivity contribution in [3.05, 3.63) is 66.1 Å². The highest BCUT2D eigenvalue weighted by Gasteiger charge is 2.08. The Morgan fingerprint density at radius 2 is 2.05 bits per heavy atom. The molecule has 2 aromatic heterocycles. The number of pyridine rings is 1. The molecule has 3 rings (SSSR count). The first-order chi connectivity index (χ1) is 10.3. The van der Waals surface area contributed by atoms with Gasteiger partial charge in [-0.05, 0) is 29.7 Å². The Labute approximate surface area is 125 Å². The fourth-order valence-electron chi connectivity index (χ4n) is 2.75. The molecule has 0 fully saturated rings. The number of hydrogen-bond acceptors (Lipinski definition) is 2. The summed E-state index contributed by atoms with van der Waals surface area (Å²) >= 11 is 0. The van der Waals surface area contributed by atoms with Gasteiger partial charge in [0.15, 0.2) is 0 Å². The highest BCUT2D eigenvalue weighted by molar-refractivity contribution is 5.81. The van der Waals surface area contributed by atoms with Crippen LogP contribution in [0.15, 0.2) is 55.0 Å². The van der Waals surface area contributed by atoms with Gasteiger partial charge in [-0.3, -0.25) is 4.98 Å². The first kappa shape index (κ1) is 13.8. The molecule has 0 aliphatic carbocycles. The maximum absolute atomic E-state index is 6.18. The van der Waals surface area contributed by atoms with E-state index in [1.165, 1.54) is 16.5 Å². The lowest BCUT2D eigenvalue weighted by Crippen LogP contribution is -2.08. The molecule has 0 radical (unpaired) electrons. The van der Waals surface area contributed by atoms with Crippen LogP contribution in [0.2, 0.25) is 0 Å². The Hall–Kier alpha value is -2.13. The van der Waals surface area contributed by atoms with Crippen LogP contribution in [0, 0.1) is 0 Å². The van der Waals surface area contributed by atoms with E-state index in [0.717, 1.165) is 24.9 Å². The van der Waals surface area contributed by atoms with Gasteiger partial charge in [0.25, 0.3) is 0 Å². The van der Waals surface area contributed by atoms with Crippen LogP contribution in [0.3, 0.4) is 0 Å². The second-order valence-corrected chi connectivity index (χ2v) is 5.50. The number of hydrogen-bond donors (Lipinski definition) is 1. The van der Waals surface area contributed by atoms with Gasteiger partial charge in [-0.25, -0.2) is 0 Å². The lowest BCUT2D eigenvalue weighted by atomic mass is 10.1. The molecular weight excluding hydrogens is 258 g/mol. The van der Waals surface area contributed by atoms with Gasteiger partial charge < -0.3 is 10.3 Å². The van der Waals surface area contributed by atoms with Crippen molar-refractivity contribution in [1.82, 2.24) is 9.55 Å². The molecule has 0 saturated heterocycles. The number of fused-ring (bicyclic) bond motifs is 1. The zero-order chi connectivity index (χ0) is 14.7. The Kier molecular flexibility index (Phi) is 4.02. The quantitative estimate of drug-likeness (QED) is 0.770. The van der Waals surface area contributed by atoms with E-state index in [1.807, 2.05) is 12.3 Å². The summed E-state index contributed by atoms with van der Waals surface area (Å²) in [5, 5.41) is 1.19. The lowest BCUT2D eigenvalue weighted by Gasteiger charge is -2.09. The molecule has 1 atom stereocenters. The van der Waals surface area contributed by atoms with Crippen LogP contribution in [0.1, 0.15) is 36.9 Å². The molecule has 3 heteroatoms. The van der Waals surface area contributed by atoms with Gasteiger partial charge in [-0.2, -0.15) is 0 Å². The third-order valence-corrected chi connectivity index (χ3v) is 3.87. The summed E-state index contributed by atoms with van der Waals surface area (Å²) in [4.78, 5) is 4.51. The van der Waals surface area contributed by atoms with Gasteiger partial charge in [0.05, 0.1) is 5.52 Å². The van der Waals surface area contributed by atoms with E-state index in [2.05, 4.69) is 59.2 Å². The molecular formula is C18H21N3. The number of rotatable bonds is 5. The molecule has 2 heterocycles. The van der Waals surface area contributed by atoms with Gasteiger partial charge in [-0.1, -0.05) is 37.6 Å². The summed E-state index contributed by atoms with van der Waals surface area (Å²) in [6, 6.07) is 12.7. The van der Waals surface area contributed by atoms with Crippen molar-refractivity contribution in [2.45, 2.75) is 32.4 Å². The van der Waals surface area contributed by atoms with E-state index in [9.17, 15) is 0 Å². The van der Waals surface area contributed by atoms with Gasteiger partial charge >= 0.3 is 0 Å². The van der Waals surface area contributed by atoms with Gasteiger partial charge in [0.2, 0.25) is 0 Å². The third kappa shape index (κ3) is 2.98. The molecule has 3 aromatic rings. The number of nitrogens with zero attached hydrogens (tertiary/aromatic N) is 2. The minimum absolute atomic E-state index is 0.141. The summed E-state index contributed by atoms with van der Waals surface area (Å²) < 4.78 is 2.19. The van der Waals surface area contributed by atoms with Crippen molar-refractivity contribution in [2.75, 3.05) is 0 Å². The zero-order valence-corrected chi connectivity index (χ0v) is 12.4. The molecule has 1 unspecified atom stereocenters. The third-order valence-electron chi connectivity index (χ3n) is 3.87. The standard InChI is InChI=1S/C18H21N3/c1-2-5-17(19)15-9-11-21(12-15)13-16-7-3-6-14-8-4-10-20-18(14)16/h3-4,6-12,17H,2,5,13,19H2,1H3. The Bertz CT molecular complexity index is 725. The predicted molar refractivity (Wildman–Crippen MR) is 87.1 cm³/mol. The summed E-state index contributed by atoms with van der Waals surface area (Å²) in [5.74, 6) is 0. The maximum Gasteiger partial charge on any atom is 0.0751 e. The topological polar surface area (TPSA) is 43.8 Å². The first-order valence-electron chi connectivity index (χ1n) is 7.52. The second kappa shape index (κ2) is 6.10. The van der Waals surface area contributed by atoms with E-state index in [0.29, 0.717) is 0 Å². The van der Waals surface area contributed by atoms with Gasteiger partial charge in [0, 0.05) is 36.6 Å². The molecule has 0 bridgehead atoms. The van der Waals surface area contributed by atoms with Crippen molar-refractivity contribution in [3.8, 4) is 0 Å². The fourth-order valence-corrected chi connectivity index (χ4v) is 2.75. The molecule has 0 aliphatic heterocycles. The van der Waals surface area contributed by atoms with Gasteiger partial charge in [-0.15, -0.1) is 0 Å². The highest BCUT2D eigenvalue weighted by Crippen LogP contribution is 2.20. The predicted octanol–water partition coefficient (Wildman–Crippen LogP) is 3.88. The van der Waals surface area contributed by atoms with Crippen LogP contribution < -0.4 is 5.73 Å². The Morgan fingerprint density at radius 1 is 1.19 bits per heavy atom. The van der Waals surface area contributed by atoms with Crippen LogP contribution in [0.25, 0.3) is 10.9 Å². The van der Waals surface area contributed by atoms with Crippen LogP contribution in [-0.4, -0.2) is 9.55 Å². The van der Waals surface area contributed by atoms with Crippen LogP contribution in [-0.2, 0) is 6.54 Å². The molecule has 1 aromatic carbocycles. The van der Waals surface area contributed by atoms with Crippen molar-refractivity contribution < 1.29 is 0 Å². The van der Waals surface area contributed by atoms with E-state index in [4.69, 9.17) is 5.73 Å². The van der Waals surface area contributed by atoms with Crippen LogP contribution in [0.4, 0.5) is 0 Å². The van der Waals surface area contributed by atoms with Crippen molar-refractivity contribution in [3.63, 3.8) is 0 Å². The van der Waals surface area contributed by atoms with Crippen molar-refractivity contribution >= 4 is 10.9 Å². The molecule has 0 aliphatic rings. The molecule has 0 amide bonds. The van der Waals surface area contributed by atoms with Crippen LogP contribution in [0.5, 0.6) is 0 Å². The minimum Gasteiger partial charge on any atom is -0.349 e. The Morgan fingerprint density at radius 3 is 2.90 bits per heavy atom. The lowest BCUT2D eigenvalue weighted by molar-refractivity contribution is 0.636. The number of para-hydroxylation sites is 1. The summed E-state index contributed by atoms with van der Waals surface area (Å²) in [5.41, 5.74) is 9.70. The monoisotopic (exact) mass is 279 g/mol. The smallest absolute Gasteiger partial charge is 0.0751 e. The molecule has 0 saturated carbocycles. The van der Waals surface area contributed by atoms with E-state index in [1.54, 1.807) is 0 Å². The first-order valence-corrected chi connectivity index (χ1v) is 7.52. The van der Waals surface area contributed by atoms with Crippen LogP contribution >= 0.6 is 0 Å². The maximum atomic E-state index is 6.18. The molecule has 108 valence electrons. The van der Waals surface area contributed by atoms with E-state index in [-0.39, 0.29) is 6.04 Å².